The molecule has 0 amide bonds. The molecule has 3 N–H and O–H groups in total. The summed E-state index contributed by atoms with van der Waals surface area (Å²) in [6.07, 6.45) is 1.62. The van der Waals surface area contributed by atoms with Gasteiger partial charge in [0, 0.05) is 21.0 Å². The fourth-order valence-corrected chi connectivity index (χ4v) is 2.27. The number of nitrogens with two attached hydrogens (primary N) is 1. The van der Waals surface area contributed by atoms with Gasteiger partial charge in [0.1, 0.15) is 5.69 Å². The van der Waals surface area contributed by atoms with Crippen LogP contribution in [0.15, 0.2) is 57.5 Å². The lowest BCUT2D eigenvalue weighted by atomic mass is 10.3. The summed E-state index contributed by atoms with van der Waals surface area (Å²) in [6.45, 7) is 0. The van der Waals surface area contributed by atoms with Gasteiger partial charge in [-0.2, -0.15) is 0 Å². The molecule has 2 rings (SSSR count). The van der Waals surface area contributed by atoms with Crippen LogP contribution >= 0.6 is 23.4 Å². The zero-order chi connectivity index (χ0) is 13.0. The summed E-state index contributed by atoms with van der Waals surface area (Å²) in [5.74, 6) is -0.00597. The van der Waals surface area contributed by atoms with Gasteiger partial charge in [0.25, 0.3) is 0 Å². The fourth-order valence-electron chi connectivity index (χ4n) is 1.30. The lowest BCUT2D eigenvalue weighted by Crippen LogP contribution is -2.14. The van der Waals surface area contributed by atoms with Crippen LogP contribution in [-0.2, 0) is 0 Å². The number of oxime groups is 1. The van der Waals surface area contributed by atoms with Crippen molar-refractivity contribution >= 4 is 29.2 Å². The van der Waals surface area contributed by atoms with E-state index in [4.69, 9.17) is 22.5 Å². The molecule has 0 unspecified atom stereocenters. The molecule has 92 valence electrons. The maximum Gasteiger partial charge on any atom is 0.188 e. The van der Waals surface area contributed by atoms with E-state index in [1.54, 1.807) is 24.0 Å². The second kappa shape index (κ2) is 5.75. The van der Waals surface area contributed by atoms with E-state index in [9.17, 15) is 0 Å². The summed E-state index contributed by atoms with van der Waals surface area (Å²) in [5, 5.41) is 12.2. The minimum atomic E-state index is -0.00597. The Morgan fingerprint density at radius 2 is 1.94 bits per heavy atom. The molecule has 0 bridgehead atoms. The number of nitrogens with zero attached hydrogens (tertiary/aromatic N) is 2. The molecule has 4 nitrogen and oxygen atoms in total. The molecule has 0 fully saturated rings. The third-order valence-corrected chi connectivity index (χ3v) is 3.40. The highest BCUT2D eigenvalue weighted by atomic mass is 35.5. The van der Waals surface area contributed by atoms with Gasteiger partial charge in [0.2, 0.25) is 0 Å². The Morgan fingerprint density at radius 1 is 1.22 bits per heavy atom. The molecule has 1 heterocycles. The number of pyridine rings is 1. The summed E-state index contributed by atoms with van der Waals surface area (Å²) in [4.78, 5) is 6.02. The van der Waals surface area contributed by atoms with Crippen LogP contribution < -0.4 is 5.73 Å². The van der Waals surface area contributed by atoms with Gasteiger partial charge in [-0.05, 0) is 36.4 Å². The Balaban J connectivity index is 2.22. The quantitative estimate of drug-likeness (QED) is 0.392. The average molecular weight is 280 g/mol. The smallest absolute Gasteiger partial charge is 0.188 e. The molecule has 0 atom stereocenters. The van der Waals surface area contributed by atoms with Gasteiger partial charge in [-0.1, -0.05) is 28.5 Å². The highest BCUT2D eigenvalue weighted by molar-refractivity contribution is 7.99. The summed E-state index contributed by atoms with van der Waals surface area (Å²) in [5.41, 5.74) is 5.93. The Kier molecular flexibility index (Phi) is 4.07. The summed E-state index contributed by atoms with van der Waals surface area (Å²) >= 11 is 7.37. The molecule has 0 radical (unpaired) electrons. The molecule has 0 spiro atoms. The first-order chi connectivity index (χ1) is 8.69. The van der Waals surface area contributed by atoms with Crippen LogP contribution in [0.5, 0.6) is 0 Å². The van der Waals surface area contributed by atoms with Gasteiger partial charge in [0.05, 0.1) is 0 Å². The largest absolute Gasteiger partial charge is 0.409 e. The first-order valence-electron chi connectivity index (χ1n) is 5.06. The number of hydrogen-bond donors (Lipinski definition) is 2. The van der Waals surface area contributed by atoms with Crippen LogP contribution in [0, 0.1) is 0 Å². The fraction of sp³-hybridized carbons (Fsp3) is 0. The van der Waals surface area contributed by atoms with E-state index in [1.807, 2.05) is 30.3 Å². The first-order valence-corrected chi connectivity index (χ1v) is 6.26. The molecule has 1 aromatic heterocycles. The van der Waals surface area contributed by atoms with Crippen molar-refractivity contribution in [2.45, 2.75) is 9.79 Å². The van der Waals surface area contributed by atoms with E-state index in [0.29, 0.717) is 10.7 Å². The SMILES string of the molecule is NC(=NO)c1cc(Sc2ccc(Cl)cc2)ccn1. The van der Waals surface area contributed by atoms with Crippen molar-refractivity contribution in [2.75, 3.05) is 0 Å². The molecule has 1 aromatic carbocycles. The van der Waals surface area contributed by atoms with Crippen LogP contribution in [-0.4, -0.2) is 16.0 Å². The molecule has 0 aliphatic rings. The molecule has 2 aromatic rings. The maximum absolute atomic E-state index is 8.60. The normalized spacial score (nSPS) is 11.5. The predicted octanol–water partition coefficient (Wildman–Crippen LogP) is 2.98. The van der Waals surface area contributed by atoms with E-state index in [-0.39, 0.29) is 5.84 Å². The third-order valence-electron chi connectivity index (χ3n) is 2.15. The Morgan fingerprint density at radius 3 is 2.61 bits per heavy atom. The highest BCUT2D eigenvalue weighted by Crippen LogP contribution is 2.28. The minimum absolute atomic E-state index is 0.00597. The standard InChI is InChI=1S/C12H10ClN3OS/c13-8-1-3-9(4-2-8)18-10-5-6-15-11(7-10)12(14)16-17/h1-7,17H,(H2,14,16). The molecular weight excluding hydrogens is 270 g/mol. The number of aromatic nitrogens is 1. The predicted molar refractivity (Wildman–Crippen MR) is 72.3 cm³/mol. The summed E-state index contributed by atoms with van der Waals surface area (Å²) in [7, 11) is 0. The van der Waals surface area contributed by atoms with Crippen molar-refractivity contribution in [1.29, 1.82) is 0 Å². The molecule has 6 heteroatoms. The molecule has 18 heavy (non-hydrogen) atoms. The van der Waals surface area contributed by atoms with Gasteiger partial charge < -0.3 is 10.9 Å². The van der Waals surface area contributed by atoms with Crippen LogP contribution in [0.1, 0.15) is 5.69 Å². The second-order valence-corrected chi connectivity index (χ2v) is 5.00. The van der Waals surface area contributed by atoms with E-state index in [0.717, 1.165) is 9.79 Å². The van der Waals surface area contributed by atoms with Crippen molar-refractivity contribution in [2.24, 2.45) is 10.9 Å². The second-order valence-electron chi connectivity index (χ2n) is 3.42. The van der Waals surface area contributed by atoms with E-state index in [1.165, 1.54) is 0 Å². The highest BCUT2D eigenvalue weighted by Gasteiger charge is 2.03. The topological polar surface area (TPSA) is 71.5 Å². The molecule has 0 aliphatic carbocycles. The summed E-state index contributed by atoms with van der Waals surface area (Å²) in [6, 6.07) is 11.1. The van der Waals surface area contributed by atoms with Crippen LogP contribution in [0.4, 0.5) is 0 Å². The lowest BCUT2D eigenvalue weighted by molar-refractivity contribution is 0.318. The van der Waals surface area contributed by atoms with Gasteiger partial charge in [-0.3, -0.25) is 4.98 Å². The van der Waals surface area contributed by atoms with E-state index >= 15 is 0 Å². The van der Waals surface area contributed by atoms with Gasteiger partial charge in [-0.25, -0.2) is 0 Å². The van der Waals surface area contributed by atoms with Crippen molar-refractivity contribution < 1.29 is 5.21 Å². The van der Waals surface area contributed by atoms with Gasteiger partial charge >= 0.3 is 0 Å². The Hall–Kier alpha value is -1.72. The van der Waals surface area contributed by atoms with Crippen molar-refractivity contribution in [3.63, 3.8) is 0 Å². The monoisotopic (exact) mass is 279 g/mol. The Bertz CT molecular complexity index is 572. The van der Waals surface area contributed by atoms with Gasteiger partial charge in [-0.15, -0.1) is 0 Å². The van der Waals surface area contributed by atoms with E-state index in [2.05, 4.69) is 10.1 Å². The maximum atomic E-state index is 8.60. The van der Waals surface area contributed by atoms with Crippen molar-refractivity contribution in [1.82, 2.24) is 4.98 Å². The molecular formula is C12H10ClN3OS. The number of benzene rings is 1. The minimum Gasteiger partial charge on any atom is -0.409 e. The number of rotatable bonds is 3. The number of amidine groups is 1. The molecule has 0 saturated carbocycles. The zero-order valence-corrected chi connectivity index (χ0v) is 10.8. The van der Waals surface area contributed by atoms with Crippen molar-refractivity contribution in [3.05, 3.63) is 53.3 Å². The molecule has 0 aliphatic heterocycles. The summed E-state index contributed by atoms with van der Waals surface area (Å²) < 4.78 is 0. The van der Waals surface area contributed by atoms with E-state index < -0.39 is 0 Å². The lowest BCUT2D eigenvalue weighted by Gasteiger charge is -2.03. The average Bonchev–Trinajstić information content (AvgIpc) is 2.41. The van der Waals surface area contributed by atoms with Crippen molar-refractivity contribution in [3.8, 4) is 0 Å². The van der Waals surface area contributed by atoms with Crippen LogP contribution in [0.2, 0.25) is 5.02 Å². The number of hydrogen-bond acceptors (Lipinski definition) is 4. The number of halogens is 1. The van der Waals surface area contributed by atoms with Crippen LogP contribution in [0.3, 0.4) is 0 Å². The zero-order valence-electron chi connectivity index (χ0n) is 9.25. The first kappa shape index (κ1) is 12.7. The Labute approximate surface area is 113 Å². The third kappa shape index (κ3) is 3.15. The molecule has 0 saturated heterocycles. The van der Waals surface area contributed by atoms with Gasteiger partial charge in [0.15, 0.2) is 5.84 Å². The van der Waals surface area contributed by atoms with Crippen LogP contribution in [0.25, 0.3) is 0 Å².